The van der Waals surface area contributed by atoms with Crippen molar-refractivity contribution in [2.24, 2.45) is 0 Å². The van der Waals surface area contributed by atoms with E-state index in [1.807, 2.05) is 29.2 Å². The van der Waals surface area contributed by atoms with Gasteiger partial charge in [0.15, 0.2) is 0 Å². The van der Waals surface area contributed by atoms with Crippen LogP contribution in [0, 0.1) is 0 Å². The van der Waals surface area contributed by atoms with Crippen LogP contribution in [0.25, 0.3) is 0 Å². The Hall–Kier alpha value is -2.53. The first-order valence-corrected chi connectivity index (χ1v) is 10.1. The van der Waals surface area contributed by atoms with E-state index >= 15 is 0 Å². The number of amides is 2. The van der Waals surface area contributed by atoms with Gasteiger partial charge in [0, 0.05) is 17.3 Å². The third-order valence-electron chi connectivity index (χ3n) is 4.93. The van der Waals surface area contributed by atoms with Gasteiger partial charge in [-0.3, -0.25) is 0 Å². The Kier molecular flexibility index (Phi) is 6.93. The van der Waals surface area contributed by atoms with Gasteiger partial charge in [0.2, 0.25) is 0 Å². The molecule has 0 saturated carbocycles. The summed E-state index contributed by atoms with van der Waals surface area (Å²) in [6.07, 6.45) is 4.02. The number of halogens is 1. The average molecular weight is 401 g/mol. The molecular formula is C22H25ClN2O3. The molecule has 28 heavy (non-hydrogen) atoms. The maximum absolute atomic E-state index is 13.0. The summed E-state index contributed by atoms with van der Waals surface area (Å²) in [5.41, 5.74) is 2.09. The largest absolute Gasteiger partial charge is 0.462 e. The predicted molar refractivity (Wildman–Crippen MR) is 111 cm³/mol. The molecular weight excluding hydrogens is 376 g/mol. The molecule has 6 heteroatoms. The Balaban J connectivity index is 1.75. The molecule has 0 spiro atoms. The number of hydrogen-bond acceptors (Lipinski definition) is 3. The van der Waals surface area contributed by atoms with Crippen molar-refractivity contribution in [3.05, 3.63) is 64.7 Å². The summed E-state index contributed by atoms with van der Waals surface area (Å²) in [5, 5.41) is 3.63. The Morgan fingerprint density at radius 1 is 1.11 bits per heavy atom. The number of esters is 1. The fourth-order valence-electron chi connectivity index (χ4n) is 3.52. The number of ether oxygens (including phenoxy) is 1. The number of anilines is 1. The monoisotopic (exact) mass is 400 g/mol. The van der Waals surface area contributed by atoms with Crippen molar-refractivity contribution in [2.75, 3.05) is 18.5 Å². The molecule has 0 bridgehead atoms. The zero-order chi connectivity index (χ0) is 19.9. The zero-order valence-corrected chi connectivity index (χ0v) is 16.7. The molecule has 1 aliphatic rings. The van der Waals surface area contributed by atoms with E-state index in [9.17, 15) is 9.59 Å². The lowest BCUT2D eigenvalue weighted by atomic mass is 10.0. The number of carbonyl (C=O) groups excluding carboxylic acids is 2. The highest BCUT2D eigenvalue weighted by Gasteiger charge is 2.28. The molecule has 1 fully saturated rings. The van der Waals surface area contributed by atoms with Gasteiger partial charge in [0.1, 0.15) is 0 Å². The van der Waals surface area contributed by atoms with E-state index < -0.39 is 0 Å². The molecule has 0 aromatic heterocycles. The van der Waals surface area contributed by atoms with Gasteiger partial charge in [-0.15, -0.1) is 0 Å². The molecule has 3 rings (SSSR count). The molecule has 0 unspecified atom stereocenters. The van der Waals surface area contributed by atoms with Crippen molar-refractivity contribution in [3.63, 3.8) is 0 Å². The van der Waals surface area contributed by atoms with E-state index in [4.69, 9.17) is 16.3 Å². The van der Waals surface area contributed by atoms with Crippen molar-refractivity contribution < 1.29 is 14.3 Å². The Labute approximate surface area is 170 Å². The summed E-state index contributed by atoms with van der Waals surface area (Å²) in [4.78, 5) is 26.7. The van der Waals surface area contributed by atoms with Gasteiger partial charge in [-0.1, -0.05) is 42.6 Å². The molecule has 0 radical (unpaired) electrons. The van der Waals surface area contributed by atoms with Crippen molar-refractivity contribution in [1.29, 1.82) is 0 Å². The normalized spacial score (nSPS) is 16.9. The Morgan fingerprint density at radius 3 is 2.57 bits per heavy atom. The third kappa shape index (κ3) is 4.84. The van der Waals surface area contributed by atoms with E-state index in [1.54, 1.807) is 31.2 Å². The third-order valence-corrected chi connectivity index (χ3v) is 5.27. The van der Waals surface area contributed by atoms with Crippen LogP contribution >= 0.6 is 11.6 Å². The number of carbonyl (C=O) groups is 2. The van der Waals surface area contributed by atoms with Crippen LogP contribution in [0.2, 0.25) is 5.02 Å². The fourth-order valence-corrected chi connectivity index (χ4v) is 3.78. The Morgan fingerprint density at radius 2 is 1.86 bits per heavy atom. The van der Waals surface area contributed by atoms with Crippen molar-refractivity contribution in [3.8, 4) is 0 Å². The van der Waals surface area contributed by atoms with Crippen LogP contribution in [0.5, 0.6) is 0 Å². The van der Waals surface area contributed by atoms with Crippen LogP contribution in [-0.2, 0) is 4.74 Å². The maximum atomic E-state index is 13.0. The van der Waals surface area contributed by atoms with Gasteiger partial charge in [0.25, 0.3) is 0 Å². The number of likely N-dealkylation sites (tertiary alicyclic amines) is 1. The van der Waals surface area contributed by atoms with Gasteiger partial charge >= 0.3 is 12.0 Å². The van der Waals surface area contributed by atoms with Crippen LogP contribution in [0.1, 0.15) is 54.6 Å². The second-order valence-electron chi connectivity index (χ2n) is 6.81. The minimum atomic E-state index is -0.369. The molecule has 0 aliphatic carbocycles. The van der Waals surface area contributed by atoms with Crippen molar-refractivity contribution >= 4 is 29.3 Å². The van der Waals surface area contributed by atoms with Crippen molar-refractivity contribution in [1.82, 2.24) is 4.90 Å². The first-order chi connectivity index (χ1) is 13.6. The average Bonchev–Trinajstić information content (AvgIpc) is 2.95. The second-order valence-corrected chi connectivity index (χ2v) is 7.22. The van der Waals surface area contributed by atoms with Gasteiger partial charge in [-0.05, 0) is 55.7 Å². The quantitative estimate of drug-likeness (QED) is 0.673. The van der Waals surface area contributed by atoms with Crippen LogP contribution in [0.3, 0.4) is 0 Å². The summed E-state index contributed by atoms with van der Waals surface area (Å²) in [6.45, 7) is 2.78. The van der Waals surface area contributed by atoms with E-state index in [1.165, 1.54) is 0 Å². The number of benzene rings is 2. The van der Waals surface area contributed by atoms with E-state index in [2.05, 4.69) is 5.32 Å². The standard InChI is InChI=1S/C22H25ClN2O3/c1-2-28-21(26)16-11-13-17(14-12-16)24-22(27)25-15-7-3-4-10-20(25)18-8-5-6-9-19(18)23/h5-6,8-9,11-14,20H,2-4,7,10,15H2,1H3,(H,24,27)/t20-/m0/s1. The molecule has 2 amide bonds. The maximum Gasteiger partial charge on any atom is 0.338 e. The minimum absolute atomic E-state index is 0.0463. The highest BCUT2D eigenvalue weighted by atomic mass is 35.5. The van der Waals surface area contributed by atoms with Crippen LogP contribution in [0.4, 0.5) is 10.5 Å². The van der Waals surface area contributed by atoms with Crippen molar-refractivity contribution in [2.45, 2.75) is 38.6 Å². The SMILES string of the molecule is CCOC(=O)c1ccc(NC(=O)N2CCCCC[C@H]2c2ccccc2Cl)cc1. The van der Waals surface area contributed by atoms with Crippen LogP contribution in [-0.4, -0.2) is 30.1 Å². The molecule has 1 heterocycles. The summed E-state index contributed by atoms with van der Waals surface area (Å²) >= 11 is 6.41. The number of urea groups is 1. The number of hydrogen-bond donors (Lipinski definition) is 1. The summed E-state index contributed by atoms with van der Waals surface area (Å²) in [5.74, 6) is -0.369. The minimum Gasteiger partial charge on any atom is -0.462 e. The molecule has 1 saturated heterocycles. The topological polar surface area (TPSA) is 58.6 Å². The van der Waals surface area contributed by atoms with Gasteiger partial charge < -0.3 is 15.0 Å². The highest BCUT2D eigenvalue weighted by Crippen LogP contribution is 2.34. The number of rotatable bonds is 4. The zero-order valence-electron chi connectivity index (χ0n) is 16.0. The molecule has 2 aromatic carbocycles. The molecule has 1 atom stereocenters. The first-order valence-electron chi connectivity index (χ1n) is 9.69. The summed E-state index contributed by atoms with van der Waals surface area (Å²) in [7, 11) is 0. The van der Waals surface area contributed by atoms with Gasteiger partial charge in [-0.25, -0.2) is 9.59 Å². The lowest BCUT2D eigenvalue weighted by molar-refractivity contribution is 0.0526. The molecule has 2 aromatic rings. The lowest BCUT2D eigenvalue weighted by Crippen LogP contribution is -2.38. The molecule has 1 aliphatic heterocycles. The fraction of sp³-hybridized carbons (Fsp3) is 0.364. The highest BCUT2D eigenvalue weighted by molar-refractivity contribution is 6.31. The number of nitrogens with zero attached hydrogens (tertiary/aromatic N) is 1. The van der Waals surface area contributed by atoms with E-state index in [0.29, 0.717) is 29.4 Å². The summed E-state index contributed by atoms with van der Waals surface area (Å²) < 4.78 is 4.99. The van der Waals surface area contributed by atoms with E-state index in [-0.39, 0.29) is 18.0 Å². The van der Waals surface area contributed by atoms with Gasteiger partial charge in [0.05, 0.1) is 18.2 Å². The van der Waals surface area contributed by atoms with Crippen LogP contribution in [0.15, 0.2) is 48.5 Å². The lowest BCUT2D eigenvalue weighted by Gasteiger charge is -2.31. The first kappa shape index (κ1) is 20.2. The second kappa shape index (κ2) is 9.60. The van der Waals surface area contributed by atoms with Gasteiger partial charge in [-0.2, -0.15) is 0 Å². The molecule has 5 nitrogen and oxygen atoms in total. The summed E-state index contributed by atoms with van der Waals surface area (Å²) in [6, 6.07) is 14.3. The number of nitrogens with one attached hydrogen (secondary N) is 1. The van der Waals surface area contributed by atoms with E-state index in [0.717, 1.165) is 31.2 Å². The smallest absolute Gasteiger partial charge is 0.338 e. The van der Waals surface area contributed by atoms with Crippen LogP contribution < -0.4 is 5.32 Å². The molecule has 148 valence electrons. The molecule has 1 N–H and O–H groups in total. The Bertz CT molecular complexity index is 823. The predicted octanol–water partition coefficient (Wildman–Crippen LogP) is 5.67.